The highest BCUT2D eigenvalue weighted by Gasteiger charge is 2.22. The van der Waals surface area contributed by atoms with Gasteiger partial charge in [0.1, 0.15) is 0 Å². The second-order valence-corrected chi connectivity index (χ2v) is 4.38. The van der Waals surface area contributed by atoms with Crippen LogP contribution in [0.3, 0.4) is 0 Å². The first kappa shape index (κ1) is 10.3. The molecule has 1 fully saturated rings. The summed E-state index contributed by atoms with van der Waals surface area (Å²) in [7, 11) is 0. The number of nitrogens with zero attached hydrogens (tertiary/aromatic N) is 5. The predicted octanol–water partition coefficient (Wildman–Crippen LogP) is 1.14. The SMILES string of the molecule is c1cn(CCCn2ccnc2NC2CC2)nn1. The van der Waals surface area contributed by atoms with Crippen LogP contribution in [0.25, 0.3) is 0 Å². The Morgan fingerprint density at radius 2 is 2.18 bits per heavy atom. The van der Waals surface area contributed by atoms with Crippen molar-refractivity contribution in [1.82, 2.24) is 24.5 Å². The average Bonchev–Trinajstić information content (AvgIpc) is 2.82. The molecular weight excluding hydrogens is 216 g/mol. The Kier molecular flexibility index (Phi) is 2.77. The van der Waals surface area contributed by atoms with Crippen molar-refractivity contribution in [2.75, 3.05) is 5.32 Å². The smallest absolute Gasteiger partial charge is 0.202 e. The van der Waals surface area contributed by atoms with Gasteiger partial charge < -0.3 is 9.88 Å². The van der Waals surface area contributed by atoms with Crippen molar-refractivity contribution in [2.45, 2.75) is 38.4 Å². The molecule has 0 amide bonds. The molecule has 1 aliphatic carbocycles. The Labute approximate surface area is 99.7 Å². The topological polar surface area (TPSA) is 60.6 Å². The van der Waals surface area contributed by atoms with Crippen LogP contribution in [0, 0.1) is 0 Å². The maximum Gasteiger partial charge on any atom is 0.202 e. The van der Waals surface area contributed by atoms with Gasteiger partial charge in [-0.05, 0) is 19.3 Å². The minimum atomic E-state index is 0.645. The zero-order valence-electron chi connectivity index (χ0n) is 9.66. The van der Waals surface area contributed by atoms with Crippen LogP contribution >= 0.6 is 0 Å². The highest BCUT2D eigenvalue weighted by Crippen LogP contribution is 2.23. The number of nitrogens with one attached hydrogen (secondary N) is 1. The fraction of sp³-hybridized carbons (Fsp3) is 0.545. The third-order valence-electron chi connectivity index (χ3n) is 2.88. The van der Waals surface area contributed by atoms with E-state index in [2.05, 4.69) is 25.2 Å². The van der Waals surface area contributed by atoms with Crippen LogP contribution in [0.5, 0.6) is 0 Å². The number of aromatic nitrogens is 5. The third kappa shape index (κ3) is 2.64. The van der Waals surface area contributed by atoms with Gasteiger partial charge in [-0.1, -0.05) is 5.21 Å². The quantitative estimate of drug-likeness (QED) is 0.811. The molecule has 1 saturated carbocycles. The summed E-state index contributed by atoms with van der Waals surface area (Å²) in [6.45, 7) is 1.84. The molecule has 2 aromatic rings. The van der Waals surface area contributed by atoms with Gasteiger partial charge in [0.2, 0.25) is 5.95 Å². The maximum atomic E-state index is 4.33. The molecule has 90 valence electrons. The number of aryl methyl sites for hydroxylation is 2. The highest BCUT2D eigenvalue weighted by atomic mass is 15.4. The molecule has 0 bridgehead atoms. The number of anilines is 1. The molecule has 1 aliphatic rings. The largest absolute Gasteiger partial charge is 0.353 e. The third-order valence-corrected chi connectivity index (χ3v) is 2.88. The summed E-state index contributed by atoms with van der Waals surface area (Å²) in [5, 5.41) is 11.2. The molecule has 0 radical (unpaired) electrons. The minimum absolute atomic E-state index is 0.645. The van der Waals surface area contributed by atoms with Crippen LogP contribution in [-0.4, -0.2) is 30.6 Å². The van der Waals surface area contributed by atoms with Gasteiger partial charge >= 0.3 is 0 Å². The van der Waals surface area contributed by atoms with Gasteiger partial charge in [0.05, 0.1) is 6.20 Å². The summed E-state index contributed by atoms with van der Waals surface area (Å²) in [4.78, 5) is 4.33. The van der Waals surface area contributed by atoms with E-state index in [9.17, 15) is 0 Å². The van der Waals surface area contributed by atoms with Crippen molar-refractivity contribution in [1.29, 1.82) is 0 Å². The zero-order chi connectivity index (χ0) is 11.5. The first-order valence-corrected chi connectivity index (χ1v) is 6.03. The van der Waals surface area contributed by atoms with E-state index in [1.54, 1.807) is 6.20 Å². The molecular formula is C11H16N6. The lowest BCUT2D eigenvalue weighted by Crippen LogP contribution is -2.10. The second kappa shape index (κ2) is 4.57. The predicted molar refractivity (Wildman–Crippen MR) is 63.5 cm³/mol. The van der Waals surface area contributed by atoms with E-state index in [0.717, 1.165) is 25.5 Å². The van der Waals surface area contributed by atoms with Gasteiger partial charge in [-0.2, -0.15) is 0 Å². The lowest BCUT2D eigenvalue weighted by molar-refractivity contribution is 0.516. The van der Waals surface area contributed by atoms with Gasteiger partial charge in [-0.3, -0.25) is 4.68 Å². The number of imidazole rings is 1. The fourth-order valence-corrected chi connectivity index (χ4v) is 1.80. The maximum absolute atomic E-state index is 4.33. The fourth-order valence-electron chi connectivity index (χ4n) is 1.80. The van der Waals surface area contributed by atoms with Crippen LogP contribution in [0.2, 0.25) is 0 Å². The average molecular weight is 232 g/mol. The Morgan fingerprint density at radius 1 is 1.24 bits per heavy atom. The molecule has 0 atom stereocenters. The number of rotatable bonds is 6. The standard InChI is InChI=1S/C11H16N6/c1(7-17-9-5-13-15-17)6-16-8-4-12-11(16)14-10-2-3-10/h4-5,8-10H,1-3,6-7H2,(H,12,14). The first-order valence-electron chi connectivity index (χ1n) is 6.03. The molecule has 0 aliphatic heterocycles. The van der Waals surface area contributed by atoms with E-state index in [4.69, 9.17) is 0 Å². The van der Waals surface area contributed by atoms with Crippen molar-refractivity contribution < 1.29 is 0 Å². The monoisotopic (exact) mass is 232 g/mol. The zero-order valence-corrected chi connectivity index (χ0v) is 9.66. The molecule has 3 rings (SSSR count). The van der Waals surface area contributed by atoms with Crippen molar-refractivity contribution in [3.8, 4) is 0 Å². The summed E-state index contributed by atoms with van der Waals surface area (Å²) in [5.41, 5.74) is 0. The van der Waals surface area contributed by atoms with Gasteiger partial charge in [-0.15, -0.1) is 5.10 Å². The molecule has 2 heterocycles. The Hall–Kier alpha value is -1.85. The summed E-state index contributed by atoms with van der Waals surface area (Å²) in [6.07, 6.45) is 11.0. The van der Waals surface area contributed by atoms with Gasteiger partial charge in [-0.25, -0.2) is 4.98 Å². The van der Waals surface area contributed by atoms with E-state index >= 15 is 0 Å². The van der Waals surface area contributed by atoms with Gasteiger partial charge in [0, 0.05) is 37.7 Å². The molecule has 0 spiro atoms. The van der Waals surface area contributed by atoms with Crippen LogP contribution in [0.1, 0.15) is 19.3 Å². The van der Waals surface area contributed by atoms with Crippen molar-refractivity contribution >= 4 is 5.95 Å². The molecule has 1 N–H and O–H groups in total. The summed E-state index contributed by atoms with van der Waals surface area (Å²) >= 11 is 0. The molecule has 0 unspecified atom stereocenters. The van der Waals surface area contributed by atoms with E-state index in [0.29, 0.717) is 6.04 Å². The number of hydrogen-bond donors (Lipinski definition) is 1. The van der Waals surface area contributed by atoms with E-state index in [1.807, 2.05) is 23.3 Å². The molecule has 17 heavy (non-hydrogen) atoms. The van der Waals surface area contributed by atoms with E-state index in [1.165, 1.54) is 12.8 Å². The molecule has 0 aromatic carbocycles. The van der Waals surface area contributed by atoms with Gasteiger partial charge in [0.15, 0.2) is 0 Å². The second-order valence-electron chi connectivity index (χ2n) is 4.38. The van der Waals surface area contributed by atoms with E-state index < -0.39 is 0 Å². The molecule has 0 saturated heterocycles. The minimum Gasteiger partial charge on any atom is -0.353 e. The lowest BCUT2D eigenvalue weighted by atomic mass is 10.4. The van der Waals surface area contributed by atoms with Gasteiger partial charge in [0.25, 0.3) is 0 Å². The van der Waals surface area contributed by atoms with Crippen molar-refractivity contribution in [3.05, 3.63) is 24.8 Å². The van der Waals surface area contributed by atoms with Crippen LogP contribution in [0.15, 0.2) is 24.8 Å². The lowest BCUT2D eigenvalue weighted by Gasteiger charge is -2.08. The summed E-state index contributed by atoms with van der Waals surface area (Å²) < 4.78 is 4.01. The highest BCUT2D eigenvalue weighted by molar-refractivity contribution is 5.29. The van der Waals surface area contributed by atoms with Crippen molar-refractivity contribution in [2.24, 2.45) is 0 Å². The van der Waals surface area contributed by atoms with Crippen LogP contribution in [0.4, 0.5) is 5.95 Å². The van der Waals surface area contributed by atoms with Crippen LogP contribution in [-0.2, 0) is 13.1 Å². The van der Waals surface area contributed by atoms with Crippen LogP contribution < -0.4 is 5.32 Å². The molecule has 2 aromatic heterocycles. The Morgan fingerprint density at radius 3 is 2.94 bits per heavy atom. The Balaban J connectivity index is 1.52. The summed E-state index contributed by atoms with van der Waals surface area (Å²) in [5.74, 6) is 0.992. The first-order chi connectivity index (χ1) is 8.42. The summed E-state index contributed by atoms with van der Waals surface area (Å²) in [6, 6.07) is 0.645. The normalized spacial score (nSPS) is 15.1. The van der Waals surface area contributed by atoms with Crippen molar-refractivity contribution in [3.63, 3.8) is 0 Å². The Bertz CT molecular complexity index is 456. The van der Waals surface area contributed by atoms with E-state index in [-0.39, 0.29) is 0 Å². The number of hydrogen-bond acceptors (Lipinski definition) is 4. The molecule has 6 nitrogen and oxygen atoms in total. The molecule has 6 heteroatoms.